The number of aryl methyl sites for hydroxylation is 1. The zero-order valence-electron chi connectivity index (χ0n) is 8.55. The van der Waals surface area contributed by atoms with Crippen molar-refractivity contribution < 1.29 is 0 Å². The first-order valence-corrected chi connectivity index (χ1v) is 5.78. The van der Waals surface area contributed by atoms with Gasteiger partial charge < -0.3 is 5.32 Å². The van der Waals surface area contributed by atoms with Crippen LogP contribution in [0.1, 0.15) is 11.1 Å². The minimum atomic E-state index is 1.06. The number of benzene rings is 1. The van der Waals surface area contributed by atoms with Gasteiger partial charge in [-0.05, 0) is 56.5 Å². The molecule has 1 nitrogen and oxygen atoms in total. The predicted octanol–water partition coefficient (Wildman–Crippen LogP) is 2.48. The lowest BCUT2D eigenvalue weighted by atomic mass is 10.1. The van der Waals surface area contributed by atoms with Gasteiger partial charge in [0.2, 0.25) is 0 Å². The van der Waals surface area contributed by atoms with Gasteiger partial charge in [0.1, 0.15) is 0 Å². The molecule has 13 heavy (non-hydrogen) atoms. The van der Waals surface area contributed by atoms with Gasteiger partial charge in [-0.15, -0.1) is 11.8 Å². The molecular weight excluding hydrogens is 178 g/mol. The number of hydrogen-bond acceptors (Lipinski definition) is 2. The van der Waals surface area contributed by atoms with Crippen molar-refractivity contribution in [1.82, 2.24) is 5.32 Å². The molecule has 0 bridgehead atoms. The average Bonchev–Trinajstić information content (AvgIpc) is 2.16. The molecule has 0 spiro atoms. The van der Waals surface area contributed by atoms with Crippen molar-refractivity contribution in [3.63, 3.8) is 0 Å². The molecule has 1 rings (SSSR count). The number of nitrogens with one attached hydrogen (secondary N) is 1. The maximum atomic E-state index is 3.17. The van der Waals surface area contributed by atoms with E-state index < -0.39 is 0 Å². The van der Waals surface area contributed by atoms with Gasteiger partial charge in [-0.25, -0.2) is 0 Å². The highest BCUT2D eigenvalue weighted by Gasteiger charge is 1.98. The second-order valence-corrected chi connectivity index (χ2v) is 4.03. The molecule has 0 saturated carbocycles. The Hall–Kier alpha value is -0.470. The van der Waals surface area contributed by atoms with Crippen molar-refractivity contribution in [3.05, 3.63) is 29.3 Å². The monoisotopic (exact) mass is 195 g/mol. The minimum Gasteiger partial charge on any atom is -0.319 e. The molecule has 0 aliphatic carbocycles. The molecule has 0 aromatic heterocycles. The lowest BCUT2D eigenvalue weighted by Crippen LogP contribution is -2.10. The first-order chi connectivity index (χ1) is 6.27. The van der Waals surface area contributed by atoms with Gasteiger partial charge in [-0.2, -0.15) is 0 Å². The Morgan fingerprint density at radius 1 is 1.38 bits per heavy atom. The van der Waals surface area contributed by atoms with E-state index in [1.165, 1.54) is 16.0 Å². The Balaban J connectivity index is 2.73. The number of hydrogen-bond donors (Lipinski definition) is 1. The van der Waals surface area contributed by atoms with E-state index in [9.17, 15) is 0 Å². The van der Waals surface area contributed by atoms with Crippen LogP contribution in [0.5, 0.6) is 0 Å². The number of thioether (sulfide) groups is 1. The van der Waals surface area contributed by atoms with Crippen LogP contribution in [-0.4, -0.2) is 19.8 Å². The summed E-state index contributed by atoms with van der Waals surface area (Å²) in [5.41, 5.74) is 2.86. The standard InChI is InChI=1S/C11H17NS/c1-9-8-11(13-3)5-4-10(9)6-7-12-2/h4-5,8,12H,6-7H2,1-3H3. The van der Waals surface area contributed by atoms with Gasteiger partial charge in [0.05, 0.1) is 0 Å². The van der Waals surface area contributed by atoms with Crippen LogP contribution in [-0.2, 0) is 6.42 Å². The molecule has 1 aromatic carbocycles. The molecule has 0 fully saturated rings. The Morgan fingerprint density at radius 2 is 2.15 bits per heavy atom. The van der Waals surface area contributed by atoms with Gasteiger partial charge >= 0.3 is 0 Å². The fourth-order valence-corrected chi connectivity index (χ4v) is 1.83. The smallest absolute Gasteiger partial charge is 0.00719 e. The Kier molecular flexibility index (Phi) is 4.33. The zero-order chi connectivity index (χ0) is 9.68. The summed E-state index contributed by atoms with van der Waals surface area (Å²) in [5.74, 6) is 0. The van der Waals surface area contributed by atoms with E-state index in [0.29, 0.717) is 0 Å². The highest BCUT2D eigenvalue weighted by Crippen LogP contribution is 2.18. The molecule has 0 atom stereocenters. The summed E-state index contributed by atoms with van der Waals surface area (Å²) in [6, 6.07) is 6.69. The molecule has 0 aliphatic heterocycles. The van der Waals surface area contributed by atoms with E-state index in [0.717, 1.165) is 13.0 Å². The van der Waals surface area contributed by atoms with Crippen LogP contribution >= 0.6 is 11.8 Å². The Labute approximate surface area is 84.9 Å². The van der Waals surface area contributed by atoms with Gasteiger partial charge in [0.25, 0.3) is 0 Å². The predicted molar refractivity (Wildman–Crippen MR) is 60.6 cm³/mol. The molecule has 0 aliphatic rings. The van der Waals surface area contributed by atoms with Crippen LogP contribution in [0.4, 0.5) is 0 Å². The SMILES string of the molecule is CNCCc1ccc(SC)cc1C. The van der Waals surface area contributed by atoms with Gasteiger partial charge in [-0.1, -0.05) is 6.07 Å². The topological polar surface area (TPSA) is 12.0 Å². The molecule has 72 valence electrons. The van der Waals surface area contributed by atoms with Gasteiger partial charge in [0, 0.05) is 4.90 Å². The van der Waals surface area contributed by atoms with Crippen molar-refractivity contribution in [3.8, 4) is 0 Å². The third-order valence-corrected chi connectivity index (χ3v) is 2.92. The molecule has 2 heteroatoms. The van der Waals surface area contributed by atoms with Crippen molar-refractivity contribution in [1.29, 1.82) is 0 Å². The van der Waals surface area contributed by atoms with Gasteiger partial charge in [0.15, 0.2) is 0 Å². The summed E-state index contributed by atoms with van der Waals surface area (Å²) >= 11 is 1.80. The maximum absolute atomic E-state index is 3.17. The fraction of sp³-hybridized carbons (Fsp3) is 0.455. The van der Waals surface area contributed by atoms with E-state index in [2.05, 4.69) is 36.7 Å². The summed E-state index contributed by atoms with van der Waals surface area (Å²) in [4.78, 5) is 1.35. The zero-order valence-corrected chi connectivity index (χ0v) is 9.37. The van der Waals surface area contributed by atoms with E-state index in [1.807, 2.05) is 7.05 Å². The van der Waals surface area contributed by atoms with Crippen LogP contribution in [0.25, 0.3) is 0 Å². The summed E-state index contributed by atoms with van der Waals surface area (Å²) in [6.07, 6.45) is 3.24. The molecule has 0 unspecified atom stereocenters. The first kappa shape index (κ1) is 10.6. The van der Waals surface area contributed by atoms with Crippen molar-refractivity contribution in [2.24, 2.45) is 0 Å². The summed E-state index contributed by atoms with van der Waals surface area (Å²) < 4.78 is 0. The molecule has 1 N–H and O–H groups in total. The minimum absolute atomic E-state index is 1.06. The van der Waals surface area contributed by atoms with E-state index in [-0.39, 0.29) is 0 Å². The largest absolute Gasteiger partial charge is 0.319 e. The number of likely N-dealkylation sites (N-methyl/N-ethyl adjacent to an activating group) is 1. The highest BCUT2D eigenvalue weighted by molar-refractivity contribution is 7.98. The van der Waals surface area contributed by atoms with Crippen LogP contribution in [0.3, 0.4) is 0 Å². The van der Waals surface area contributed by atoms with Crippen LogP contribution in [0.15, 0.2) is 23.1 Å². The number of rotatable bonds is 4. The third-order valence-electron chi connectivity index (χ3n) is 2.19. The Bertz CT molecular complexity index is 271. The summed E-state index contributed by atoms with van der Waals surface area (Å²) in [7, 11) is 1.99. The van der Waals surface area contributed by atoms with E-state index in [4.69, 9.17) is 0 Å². The molecule has 0 radical (unpaired) electrons. The quantitative estimate of drug-likeness (QED) is 0.741. The fourth-order valence-electron chi connectivity index (χ4n) is 1.34. The molecule has 1 aromatic rings. The third kappa shape index (κ3) is 3.05. The summed E-state index contributed by atoms with van der Waals surface area (Å²) in [5, 5.41) is 3.17. The second kappa shape index (κ2) is 5.30. The van der Waals surface area contributed by atoms with Crippen LogP contribution in [0.2, 0.25) is 0 Å². The average molecular weight is 195 g/mol. The molecular formula is C11H17NS. The molecule has 0 amide bonds. The lowest BCUT2D eigenvalue weighted by molar-refractivity contribution is 0.788. The van der Waals surface area contributed by atoms with Crippen LogP contribution in [0, 0.1) is 6.92 Å². The normalized spacial score (nSPS) is 10.4. The summed E-state index contributed by atoms with van der Waals surface area (Å²) in [6.45, 7) is 3.24. The maximum Gasteiger partial charge on any atom is 0.00719 e. The lowest BCUT2D eigenvalue weighted by Gasteiger charge is -2.06. The first-order valence-electron chi connectivity index (χ1n) is 4.56. The second-order valence-electron chi connectivity index (χ2n) is 3.15. The van der Waals surface area contributed by atoms with Crippen molar-refractivity contribution in [2.45, 2.75) is 18.2 Å². The molecule has 0 heterocycles. The molecule has 0 saturated heterocycles. The van der Waals surface area contributed by atoms with E-state index in [1.54, 1.807) is 11.8 Å². The van der Waals surface area contributed by atoms with Crippen molar-refractivity contribution >= 4 is 11.8 Å². The van der Waals surface area contributed by atoms with E-state index >= 15 is 0 Å². The van der Waals surface area contributed by atoms with Crippen LogP contribution < -0.4 is 5.32 Å². The Morgan fingerprint density at radius 3 is 2.69 bits per heavy atom. The van der Waals surface area contributed by atoms with Gasteiger partial charge in [-0.3, -0.25) is 0 Å². The highest BCUT2D eigenvalue weighted by atomic mass is 32.2. The van der Waals surface area contributed by atoms with Crippen molar-refractivity contribution in [2.75, 3.05) is 19.8 Å².